The van der Waals surface area contributed by atoms with Crippen LogP contribution < -0.4 is 10.6 Å². The lowest BCUT2D eigenvalue weighted by Gasteiger charge is -2.16. The minimum atomic E-state index is -0.240. The van der Waals surface area contributed by atoms with Crippen LogP contribution in [0.1, 0.15) is 34.5 Å². The number of hydrogen-bond donors (Lipinski definition) is 2. The Labute approximate surface area is 196 Å². The molecule has 160 valence electrons. The fourth-order valence-electron chi connectivity index (χ4n) is 2.97. The van der Waals surface area contributed by atoms with Crippen LogP contribution in [0.25, 0.3) is 0 Å². The second-order valence-corrected chi connectivity index (χ2v) is 8.74. The van der Waals surface area contributed by atoms with Gasteiger partial charge in [-0.15, -0.1) is 11.8 Å². The number of benzene rings is 3. The van der Waals surface area contributed by atoms with Crippen molar-refractivity contribution >= 4 is 52.5 Å². The Hall–Kier alpha value is -2.47. The first-order valence-electron chi connectivity index (χ1n) is 9.70. The first kappa shape index (κ1) is 23.2. The molecule has 0 aliphatic rings. The lowest BCUT2D eigenvalue weighted by atomic mass is 10.1. The van der Waals surface area contributed by atoms with Gasteiger partial charge < -0.3 is 10.6 Å². The maximum absolute atomic E-state index is 12.8. The summed E-state index contributed by atoms with van der Waals surface area (Å²) < 4.78 is 0. The maximum atomic E-state index is 12.8. The molecule has 4 nitrogen and oxygen atoms in total. The van der Waals surface area contributed by atoms with E-state index in [4.69, 9.17) is 23.2 Å². The van der Waals surface area contributed by atoms with Crippen molar-refractivity contribution in [3.8, 4) is 0 Å². The third-order valence-electron chi connectivity index (χ3n) is 4.58. The van der Waals surface area contributed by atoms with Crippen molar-refractivity contribution in [2.75, 3.05) is 11.1 Å². The van der Waals surface area contributed by atoms with Gasteiger partial charge in [0.05, 0.1) is 33.1 Å². The fraction of sp³-hybridized carbons (Fsp3) is 0.167. The molecule has 2 amide bonds. The number of anilines is 1. The summed E-state index contributed by atoms with van der Waals surface area (Å²) in [5, 5.41) is 6.82. The quantitative estimate of drug-likeness (QED) is 0.401. The first-order chi connectivity index (χ1) is 14.9. The lowest BCUT2D eigenvalue weighted by molar-refractivity contribution is -0.113. The van der Waals surface area contributed by atoms with Crippen LogP contribution in [-0.2, 0) is 10.5 Å². The molecule has 7 heteroatoms. The Kier molecular flexibility index (Phi) is 8.41. The molecule has 0 heterocycles. The number of hydrogen-bond acceptors (Lipinski definition) is 3. The summed E-state index contributed by atoms with van der Waals surface area (Å²) >= 11 is 13.4. The largest absolute Gasteiger partial charge is 0.345 e. The number of para-hydroxylation sites is 1. The average molecular weight is 473 g/mol. The smallest absolute Gasteiger partial charge is 0.253 e. The summed E-state index contributed by atoms with van der Waals surface area (Å²) in [5.74, 6) is 0.453. The third-order valence-corrected chi connectivity index (χ3v) is 6.32. The Morgan fingerprint density at radius 2 is 1.65 bits per heavy atom. The summed E-state index contributed by atoms with van der Waals surface area (Å²) in [6, 6.07) is 22.0. The molecule has 3 aromatic rings. The molecule has 0 fully saturated rings. The lowest BCUT2D eigenvalue weighted by Crippen LogP contribution is -2.28. The molecule has 1 atom stereocenters. The summed E-state index contributed by atoms with van der Waals surface area (Å²) in [6.45, 7) is 1.92. The monoisotopic (exact) mass is 472 g/mol. The standard InChI is InChI=1S/C24H22Cl2N2O2S/c1-16(18-7-3-2-4-8-18)27-24(30)19-9-5-6-10-22(19)28-23(29)15-31-14-17-11-12-20(25)21(26)13-17/h2-13,16H,14-15H2,1H3,(H,27,30)(H,28,29)/t16-/m0/s1. The predicted octanol–water partition coefficient (Wildman–Crippen LogP) is 6.36. The zero-order chi connectivity index (χ0) is 22.2. The zero-order valence-electron chi connectivity index (χ0n) is 16.9. The molecule has 0 aromatic heterocycles. The van der Waals surface area contributed by atoms with E-state index in [0.29, 0.717) is 27.0 Å². The first-order valence-corrected chi connectivity index (χ1v) is 11.6. The van der Waals surface area contributed by atoms with Crippen LogP contribution in [0, 0.1) is 0 Å². The Balaban J connectivity index is 1.57. The highest BCUT2D eigenvalue weighted by atomic mass is 35.5. The van der Waals surface area contributed by atoms with E-state index in [2.05, 4.69) is 10.6 Å². The van der Waals surface area contributed by atoms with E-state index < -0.39 is 0 Å². The molecule has 0 spiro atoms. The number of halogens is 2. The third kappa shape index (κ3) is 6.76. The van der Waals surface area contributed by atoms with E-state index in [0.717, 1.165) is 11.1 Å². The molecule has 0 unspecified atom stereocenters. The molecule has 3 aromatic carbocycles. The van der Waals surface area contributed by atoms with E-state index in [9.17, 15) is 9.59 Å². The van der Waals surface area contributed by atoms with Gasteiger partial charge in [-0.1, -0.05) is 71.7 Å². The molecule has 0 saturated carbocycles. The Bertz CT molecular complexity index is 1060. The van der Waals surface area contributed by atoms with Crippen LogP contribution >= 0.6 is 35.0 Å². The molecule has 0 radical (unpaired) electrons. The second kappa shape index (κ2) is 11.2. The van der Waals surface area contributed by atoms with Gasteiger partial charge in [0.1, 0.15) is 0 Å². The van der Waals surface area contributed by atoms with Gasteiger partial charge in [-0.3, -0.25) is 9.59 Å². The van der Waals surface area contributed by atoms with Crippen molar-refractivity contribution in [3.63, 3.8) is 0 Å². The highest BCUT2D eigenvalue weighted by Crippen LogP contribution is 2.25. The van der Waals surface area contributed by atoms with E-state index in [1.807, 2.05) is 43.3 Å². The van der Waals surface area contributed by atoms with Gasteiger partial charge in [-0.2, -0.15) is 0 Å². The molecule has 0 aliphatic carbocycles. The molecule has 0 saturated heterocycles. The topological polar surface area (TPSA) is 58.2 Å². The van der Waals surface area contributed by atoms with Crippen LogP contribution in [-0.4, -0.2) is 17.6 Å². The average Bonchev–Trinajstić information content (AvgIpc) is 2.77. The molecule has 0 aliphatic heterocycles. The van der Waals surface area contributed by atoms with Crippen molar-refractivity contribution in [3.05, 3.63) is 99.5 Å². The molecular weight excluding hydrogens is 451 g/mol. The minimum Gasteiger partial charge on any atom is -0.345 e. The van der Waals surface area contributed by atoms with Gasteiger partial charge >= 0.3 is 0 Å². The van der Waals surface area contributed by atoms with E-state index in [1.165, 1.54) is 11.8 Å². The van der Waals surface area contributed by atoms with Gasteiger partial charge in [-0.05, 0) is 42.3 Å². The van der Waals surface area contributed by atoms with Crippen LogP contribution in [0.15, 0.2) is 72.8 Å². The molecular formula is C24H22Cl2N2O2S. The van der Waals surface area contributed by atoms with Gasteiger partial charge in [0.2, 0.25) is 5.91 Å². The molecule has 31 heavy (non-hydrogen) atoms. The normalized spacial score (nSPS) is 11.6. The number of nitrogens with one attached hydrogen (secondary N) is 2. The van der Waals surface area contributed by atoms with Crippen LogP contribution in [0.5, 0.6) is 0 Å². The van der Waals surface area contributed by atoms with Gasteiger partial charge in [-0.25, -0.2) is 0 Å². The van der Waals surface area contributed by atoms with E-state index >= 15 is 0 Å². The Morgan fingerprint density at radius 1 is 0.935 bits per heavy atom. The van der Waals surface area contributed by atoms with Crippen LogP contribution in [0.4, 0.5) is 5.69 Å². The SMILES string of the molecule is C[C@H](NC(=O)c1ccccc1NC(=O)CSCc1ccc(Cl)c(Cl)c1)c1ccccc1. The number of carbonyl (C=O) groups excluding carboxylic acids is 2. The highest BCUT2D eigenvalue weighted by molar-refractivity contribution is 7.99. The number of amides is 2. The van der Waals surface area contributed by atoms with Crippen LogP contribution in [0.3, 0.4) is 0 Å². The zero-order valence-corrected chi connectivity index (χ0v) is 19.2. The van der Waals surface area contributed by atoms with E-state index in [-0.39, 0.29) is 23.6 Å². The van der Waals surface area contributed by atoms with Gasteiger partial charge in [0, 0.05) is 5.75 Å². The van der Waals surface area contributed by atoms with Crippen molar-refractivity contribution in [2.24, 2.45) is 0 Å². The Morgan fingerprint density at radius 3 is 2.39 bits per heavy atom. The van der Waals surface area contributed by atoms with Crippen molar-refractivity contribution < 1.29 is 9.59 Å². The predicted molar refractivity (Wildman–Crippen MR) is 130 cm³/mol. The number of rotatable bonds is 8. The molecule has 3 rings (SSSR count). The van der Waals surface area contributed by atoms with E-state index in [1.54, 1.807) is 36.4 Å². The van der Waals surface area contributed by atoms with Gasteiger partial charge in [0.25, 0.3) is 5.91 Å². The van der Waals surface area contributed by atoms with Gasteiger partial charge in [0.15, 0.2) is 0 Å². The minimum absolute atomic E-state index is 0.154. The fourth-order valence-corrected chi connectivity index (χ4v) is 4.06. The summed E-state index contributed by atoms with van der Waals surface area (Å²) in [6.07, 6.45) is 0. The summed E-state index contributed by atoms with van der Waals surface area (Å²) in [5.41, 5.74) is 2.91. The highest BCUT2D eigenvalue weighted by Gasteiger charge is 2.16. The number of carbonyl (C=O) groups is 2. The summed E-state index contributed by atoms with van der Waals surface area (Å²) in [4.78, 5) is 25.2. The summed E-state index contributed by atoms with van der Waals surface area (Å²) in [7, 11) is 0. The van der Waals surface area contributed by atoms with Crippen molar-refractivity contribution in [1.82, 2.24) is 5.32 Å². The van der Waals surface area contributed by atoms with Crippen molar-refractivity contribution in [2.45, 2.75) is 18.7 Å². The second-order valence-electron chi connectivity index (χ2n) is 6.94. The molecule has 0 bridgehead atoms. The van der Waals surface area contributed by atoms with Crippen LogP contribution in [0.2, 0.25) is 10.0 Å². The molecule has 2 N–H and O–H groups in total. The van der Waals surface area contributed by atoms with Crippen molar-refractivity contribution in [1.29, 1.82) is 0 Å². The maximum Gasteiger partial charge on any atom is 0.253 e. The number of thioether (sulfide) groups is 1.